The van der Waals surface area contributed by atoms with E-state index in [0.717, 1.165) is 25.6 Å². The number of nitrogens with zero attached hydrogens (tertiary/aromatic N) is 2. The second-order valence-electron chi connectivity index (χ2n) is 4.18. The minimum atomic E-state index is 0.718. The van der Waals surface area contributed by atoms with E-state index in [9.17, 15) is 0 Å². The van der Waals surface area contributed by atoms with Crippen molar-refractivity contribution in [3.8, 4) is 0 Å². The van der Waals surface area contributed by atoms with Crippen LogP contribution in [0.25, 0.3) is 0 Å². The normalized spacial score (nSPS) is 13.0. The Balaban J connectivity index is 2.48. The van der Waals surface area contributed by atoms with Crippen LogP contribution in [-0.4, -0.2) is 16.3 Å². The van der Waals surface area contributed by atoms with Crippen LogP contribution in [0.2, 0.25) is 0 Å². The zero-order chi connectivity index (χ0) is 11.1. The number of hydrogen-bond donors (Lipinski definition) is 1. The second-order valence-corrected chi connectivity index (χ2v) is 4.18. The average Bonchev–Trinajstić information content (AvgIpc) is 2.63. The third-order valence-corrected chi connectivity index (χ3v) is 2.63. The van der Waals surface area contributed by atoms with Gasteiger partial charge in [0.1, 0.15) is 0 Å². The van der Waals surface area contributed by atoms with Gasteiger partial charge in [0.15, 0.2) is 0 Å². The van der Waals surface area contributed by atoms with Gasteiger partial charge in [0.05, 0.1) is 5.69 Å². The molecular weight excluding hydrogens is 186 g/mol. The fourth-order valence-electron chi connectivity index (χ4n) is 1.81. The van der Waals surface area contributed by atoms with Gasteiger partial charge in [-0.2, -0.15) is 5.10 Å². The second kappa shape index (κ2) is 6.62. The van der Waals surface area contributed by atoms with Gasteiger partial charge in [0, 0.05) is 19.3 Å². The van der Waals surface area contributed by atoms with Crippen molar-refractivity contribution in [3.05, 3.63) is 18.0 Å². The van der Waals surface area contributed by atoms with Crippen molar-refractivity contribution in [1.29, 1.82) is 0 Å². The average molecular weight is 209 g/mol. The first-order valence-corrected chi connectivity index (χ1v) is 5.99. The third kappa shape index (κ3) is 4.04. The van der Waals surface area contributed by atoms with Crippen LogP contribution in [0.4, 0.5) is 0 Å². The molecule has 0 aliphatic carbocycles. The Bertz CT molecular complexity index is 268. The number of aromatic nitrogens is 2. The Kier molecular flexibility index (Phi) is 5.40. The molecule has 0 aromatic carbocycles. The molecule has 0 bridgehead atoms. The largest absolute Gasteiger partial charge is 0.311 e. The Morgan fingerprint density at radius 2 is 2.27 bits per heavy atom. The zero-order valence-corrected chi connectivity index (χ0v) is 10.2. The van der Waals surface area contributed by atoms with Gasteiger partial charge in [0.25, 0.3) is 0 Å². The van der Waals surface area contributed by atoms with Crippen LogP contribution >= 0.6 is 0 Å². The van der Waals surface area contributed by atoms with Gasteiger partial charge in [-0.3, -0.25) is 4.68 Å². The van der Waals surface area contributed by atoms with Gasteiger partial charge in [-0.25, -0.2) is 0 Å². The molecule has 0 saturated heterocycles. The molecule has 0 aliphatic rings. The van der Waals surface area contributed by atoms with E-state index >= 15 is 0 Å². The fourth-order valence-corrected chi connectivity index (χ4v) is 1.81. The SMILES string of the molecule is CCCC(C)Cn1nccc1CNCC. The summed E-state index contributed by atoms with van der Waals surface area (Å²) < 4.78 is 2.13. The molecule has 1 heterocycles. The summed E-state index contributed by atoms with van der Waals surface area (Å²) in [4.78, 5) is 0. The third-order valence-electron chi connectivity index (χ3n) is 2.63. The lowest BCUT2D eigenvalue weighted by atomic mass is 10.1. The van der Waals surface area contributed by atoms with Crippen molar-refractivity contribution >= 4 is 0 Å². The molecule has 0 saturated carbocycles. The summed E-state index contributed by atoms with van der Waals surface area (Å²) in [7, 11) is 0. The molecule has 1 rings (SSSR count). The first-order valence-electron chi connectivity index (χ1n) is 5.99. The van der Waals surface area contributed by atoms with E-state index in [4.69, 9.17) is 0 Å². The Labute approximate surface area is 92.9 Å². The molecule has 0 aliphatic heterocycles. The molecule has 0 fully saturated rings. The Morgan fingerprint density at radius 3 is 2.93 bits per heavy atom. The van der Waals surface area contributed by atoms with E-state index in [-0.39, 0.29) is 0 Å². The summed E-state index contributed by atoms with van der Waals surface area (Å²) in [6.07, 6.45) is 4.43. The molecule has 3 nitrogen and oxygen atoms in total. The lowest BCUT2D eigenvalue weighted by Gasteiger charge is -2.13. The van der Waals surface area contributed by atoms with E-state index in [1.54, 1.807) is 0 Å². The lowest BCUT2D eigenvalue weighted by Crippen LogP contribution is -2.18. The van der Waals surface area contributed by atoms with Crippen LogP contribution in [0.1, 0.15) is 39.3 Å². The maximum absolute atomic E-state index is 4.37. The highest BCUT2D eigenvalue weighted by molar-refractivity contribution is 5.00. The molecule has 0 spiro atoms. The van der Waals surface area contributed by atoms with Gasteiger partial charge >= 0.3 is 0 Å². The van der Waals surface area contributed by atoms with Crippen molar-refractivity contribution in [2.45, 2.75) is 46.7 Å². The van der Waals surface area contributed by atoms with E-state index in [2.05, 4.69) is 41.9 Å². The van der Waals surface area contributed by atoms with Gasteiger partial charge < -0.3 is 5.32 Å². The Morgan fingerprint density at radius 1 is 1.47 bits per heavy atom. The van der Waals surface area contributed by atoms with Crippen LogP contribution in [0.15, 0.2) is 12.3 Å². The van der Waals surface area contributed by atoms with Crippen molar-refractivity contribution < 1.29 is 0 Å². The summed E-state index contributed by atoms with van der Waals surface area (Å²) in [6, 6.07) is 2.10. The number of hydrogen-bond acceptors (Lipinski definition) is 2. The molecule has 15 heavy (non-hydrogen) atoms. The van der Waals surface area contributed by atoms with Crippen LogP contribution in [-0.2, 0) is 13.1 Å². The summed E-state index contributed by atoms with van der Waals surface area (Å²) in [5, 5.41) is 7.70. The van der Waals surface area contributed by atoms with Gasteiger partial charge in [-0.05, 0) is 24.9 Å². The molecule has 1 atom stereocenters. The van der Waals surface area contributed by atoms with Gasteiger partial charge in [-0.15, -0.1) is 0 Å². The standard InChI is InChI=1S/C12H23N3/c1-4-6-11(3)10-15-12(7-8-14-15)9-13-5-2/h7-8,11,13H,4-6,9-10H2,1-3H3. The maximum atomic E-state index is 4.37. The van der Waals surface area contributed by atoms with Crippen LogP contribution in [0.5, 0.6) is 0 Å². The summed E-state index contributed by atoms with van der Waals surface area (Å²) >= 11 is 0. The topological polar surface area (TPSA) is 29.9 Å². The monoisotopic (exact) mass is 209 g/mol. The quantitative estimate of drug-likeness (QED) is 0.747. The maximum Gasteiger partial charge on any atom is 0.0522 e. The van der Waals surface area contributed by atoms with Crippen LogP contribution < -0.4 is 5.32 Å². The predicted molar refractivity (Wildman–Crippen MR) is 63.7 cm³/mol. The highest BCUT2D eigenvalue weighted by Crippen LogP contribution is 2.09. The van der Waals surface area contributed by atoms with E-state index in [1.165, 1.54) is 18.5 Å². The first-order chi connectivity index (χ1) is 7.27. The van der Waals surface area contributed by atoms with Crippen LogP contribution in [0.3, 0.4) is 0 Å². The first kappa shape index (κ1) is 12.2. The highest BCUT2D eigenvalue weighted by atomic mass is 15.3. The van der Waals surface area contributed by atoms with E-state index in [0.29, 0.717) is 0 Å². The minimum absolute atomic E-state index is 0.718. The molecule has 86 valence electrons. The fraction of sp³-hybridized carbons (Fsp3) is 0.750. The molecule has 3 heteroatoms. The summed E-state index contributed by atoms with van der Waals surface area (Å²) in [6.45, 7) is 9.63. The highest BCUT2D eigenvalue weighted by Gasteiger charge is 2.06. The molecular formula is C12H23N3. The minimum Gasteiger partial charge on any atom is -0.311 e. The van der Waals surface area contributed by atoms with E-state index in [1.807, 2.05) is 6.20 Å². The molecule has 0 radical (unpaired) electrons. The molecule has 0 amide bonds. The van der Waals surface area contributed by atoms with E-state index < -0.39 is 0 Å². The van der Waals surface area contributed by atoms with Gasteiger partial charge in [-0.1, -0.05) is 27.2 Å². The Hall–Kier alpha value is -0.830. The number of rotatable bonds is 7. The molecule has 1 N–H and O–H groups in total. The number of nitrogens with one attached hydrogen (secondary N) is 1. The lowest BCUT2D eigenvalue weighted by molar-refractivity contribution is 0.408. The smallest absolute Gasteiger partial charge is 0.0522 e. The molecule has 1 aromatic heterocycles. The van der Waals surface area contributed by atoms with Crippen molar-refractivity contribution in [2.24, 2.45) is 5.92 Å². The van der Waals surface area contributed by atoms with Crippen molar-refractivity contribution in [1.82, 2.24) is 15.1 Å². The summed E-state index contributed by atoms with van der Waals surface area (Å²) in [5.74, 6) is 0.718. The van der Waals surface area contributed by atoms with Crippen LogP contribution in [0, 0.1) is 5.92 Å². The van der Waals surface area contributed by atoms with Crippen molar-refractivity contribution in [3.63, 3.8) is 0 Å². The molecule has 1 unspecified atom stereocenters. The zero-order valence-electron chi connectivity index (χ0n) is 10.2. The summed E-state index contributed by atoms with van der Waals surface area (Å²) in [5.41, 5.74) is 1.29. The molecule has 1 aromatic rings. The van der Waals surface area contributed by atoms with Gasteiger partial charge in [0.2, 0.25) is 0 Å². The van der Waals surface area contributed by atoms with Crippen molar-refractivity contribution in [2.75, 3.05) is 6.54 Å². The predicted octanol–water partition coefficient (Wildman–Crippen LogP) is 2.43.